The zero-order valence-electron chi connectivity index (χ0n) is 16.3. The van der Waals surface area contributed by atoms with Crippen molar-refractivity contribution in [3.8, 4) is 11.5 Å². The molecule has 1 aromatic rings. The van der Waals surface area contributed by atoms with Crippen molar-refractivity contribution in [2.75, 3.05) is 59.5 Å². The summed E-state index contributed by atoms with van der Waals surface area (Å²) < 4.78 is 49.5. The number of quaternary nitrogens is 1. The normalized spacial score (nSPS) is 17.2. The minimum atomic E-state index is -4.11. The second kappa shape index (κ2) is 11.6. The fourth-order valence-corrected chi connectivity index (χ4v) is 2.97. The van der Waals surface area contributed by atoms with E-state index in [1.165, 1.54) is 4.90 Å². The summed E-state index contributed by atoms with van der Waals surface area (Å²) in [5.74, 6) is 1.63. The molecule has 0 atom stereocenters. The van der Waals surface area contributed by atoms with Crippen molar-refractivity contribution < 1.29 is 59.8 Å². The first-order valence-corrected chi connectivity index (χ1v) is 9.28. The van der Waals surface area contributed by atoms with Crippen LogP contribution in [0, 0.1) is 0 Å². The topological polar surface area (TPSA) is 21.7 Å². The van der Waals surface area contributed by atoms with Gasteiger partial charge in [-0.2, -0.15) is 13.2 Å². The van der Waals surface area contributed by atoms with Crippen LogP contribution in [0.15, 0.2) is 24.3 Å². The molecular weight excluding hydrogens is 434 g/mol. The predicted octanol–water partition coefficient (Wildman–Crippen LogP) is 3.57. The van der Waals surface area contributed by atoms with E-state index in [1.807, 2.05) is 24.3 Å². The van der Waals surface area contributed by atoms with Crippen molar-refractivity contribution in [3.63, 3.8) is 0 Å². The zero-order chi connectivity index (χ0) is 19.0. The largest absolute Gasteiger partial charge is 0.494 e. The van der Waals surface area contributed by atoms with Crippen LogP contribution in [-0.4, -0.2) is 75.1 Å². The molecule has 1 aromatic carbocycles. The summed E-state index contributed by atoms with van der Waals surface area (Å²) in [7, 11) is 2.08. The predicted molar refractivity (Wildman–Crippen MR) is 95.6 cm³/mol. The van der Waals surface area contributed by atoms with Gasteiger partial charge in [-0.1, -0.05) is 13.3 Å². The Labute approximate surface area is 185 Å². The minimum Gasteiger partial charge on any atom is -0.494 e. The molecule has 0 aromatic heterocycles. The number of alkyl halides is 3. The number of piperazine rings is 1. The van der Waals surface area contributed by atoms with Crippen molar-refractivity contribution >= 4 is 0 Å². The molecule has 151 valence electrons. The van der Waals surface area contributed by atoms with Crippen LogP contribution >= 0.6 is 0 Å². The third-order valence-corrected chi connectivity index (χ3v) is 4.81. The third kappa shape index (κ3) is 9.59. The molecule has 1 radical (unpaired) electrons. The van der Waals surface area contributed by atoms with E-state index in [9.17, 15) is 13.2 Å². The first-order valence-electron chi connectivity index (χ1n) is 9.28. The molecule has 0 aliphatic carbocycles. The number of likely N-dealkylation sites (N-methyl/N-ethyl adjacent to an activating group) is 1. The van der Waals surface area contributed by atoms with Gasteiger partial charge in [0.15, 0.2) is 0 Å². The molecule has 8 heteroatoms. The maximum Gasteiger partial charge on any atom is 0.401 e. The first-order chi connectivity index (χ1) is 12.3. The van der Waals surface area contributed by atoms with Crippen LogP contribution in [0.2, 0.25) is 0 Å². The second-order valence-electron chi connectivity index (χ2n) is 7.20. The maximum absolute atomic E-state index is 12.5. The molecule has 0 N–H and O–H groups in total. The molecule has 1 fully saturated rings. The maximum atomic E-state index is 12.5. The van der Waals surface area contributed by atoms with Crippen molar-refractivity contribution in [2.24, 2.45) is 0 Å². The van der Waals surface area contributed by atoms with Gasteiger partial charge in [0, 0.05) is 45.8 Å². The van der Waals surface area contributed by atoms with Crippen molar-refractivity contribution in [2.45, 2.75) is 25.9 Å². The van der Waals surface area contributed by atoms with Crippen LogP contribution in [0.5, 0.6) is 11.5 Å². The van der Waals surface area contributed by atoms with Crippen LogP contribution in [0.3, 0.4) is 0 Å². The number of nitrogens with zero attached hydrogens (tertiary/aromatic N) is 2. The zero-order valence-corrected chi connectivity index (χ0v) is 19.1. The first kappa shape index (κ1) is 24.7. The number of unbranched alkanes of at least 4 members (excludes halogenated alkanes) is 1. The minimum absolute atomic E-state index is 0. The average Bonchev–Trinajstić information content (AvgIpc) is 2.58. The van der Waals surface area contributed by atoms with Gasteiger partial charge in [-0.3, -0.25) is 4.90 Å². The summed E-state index contributed by atoms with van der Waals surface area (Å²) in [6.07, 6.45) is -1.97. The van der Waals surface area contributed by atoms with E-state index in [1.54, 1.807) is 0 Å². The Hall–Kier alpha value is -0.366. The van der Waals surface area contributed by atoms with Crippen LogP contribution in [0.1, 0.15) is 19.8 Å². The number of rotatable bonds is 9. The molecule has 0 spiro atoms. The van der Waals surface area contributed by atoms with Gasteiger partial charge < -0.3 is 14.0 Å². The summed E-state index contributed by atoms with van der Waals surface area (Å²) in [4.78, 5) is 1.48. The number of ether oxygens (including phenoxy) is 2. The molecular formula is C19H30F3N2O2Y+. The molecule has 1 heterocycles. The fourth-order valence-electron chi connectivity index (χ4n) is 2.97. The summed E-state index contributed by atoms with van der Waals surface area (Å²) in [5, 5.41) is 0. The summed E-state index contributed by atoms with van der Waals surface area (Å²) in [5.41, 5.74) is 0. The standard InChI is InChI=1S/C19H30F3N2O2.Y/c1-3-4-14-25-17-5-7-18(8-6-17)26-15-13-24(2)11-9-23(10-12-24)16-19(20,21)22;/h5-8H,3-4,9-16H2,1-2H3;/q+1;. The van der Waals surface area contributed by atoms with E-state index in [-0.39, 0.29) is 32.7 Å². The number of benzene rings is 1. The molecule has 0 amide bonds. The van der Waals surface area contributed by atoms with E-state index in [4.69, 9.17) is 9.47 Å². The van der Waals surface area contributed by atoms with Crippen molar-refractivity contribution in [1.29, 1.82) is 0 Å². The van der Waals surface area contributed by atoms with Crippen LogP contribution in [-0.2, 0) is 32.7 Å². The van der Waals surface area contributed by atoms with Gasteiger partial charge in [-0.05, 0) is 30.7 Å². The van der Waals surface area contributed by atoms with Crippen LogP contribution < -0.4 is 9.47 Å². The van der Waals surface area contributed by atoms with Gasteiger partial charge in [0.1, 0.15) is 24.7 Å². The van der Waals surface area contributed by atoms with E-state index < -0.39 is 12.7 Å². The Morgan fingerprint density at radius 3 is 2.00 bits per heavy atom. The van der Waals surface area contributed by atoms with Crippen molar-refractivity contribution in [1.82, 2.24) is 4.90 Å². The van der Waals surface area contributed by atoms with Gasteiger partial charge in [-0.25, -0.2) is 0 Å². The van der Waals surface area contributed by atoms with Gasteiger partial charge in [-0.15, -0.1) is 0 Å². The SMILES string of the molecule is CCCCOc1ccc(OCC[N+]2(C)CCN(CC(F)(F)F)CC2)cc1.[Y]. The van der Waals surface area contributed by atoms with Crippen molar-refractivity contribution in [3.05, 3.63) is 24.3 Å². The summed E-state index contributed by atoms with van der Waals surface area (Å²) in [6.45, 7) is 5.74. The molecule has 0 unspecified atom stereocenters. The Morgan fingerprint density at radius 2 is 1.52 bits per heavy atom. The van der Waals surface area contributed by atoms with E-state index in [0.717, 1.165) is 42.0 Å². The van der Waals surface area contributed by atoms with Gasteiger partial charge >= 0.3 is 6.18 Å². The molecule has 2 rings (SSSR count). The monoisotopic (exact) mass is 464 g/mol. The fraction of sp³-hybridized carbons (Fsp3) is 0.684. The second-order valence-corrected chi connectivity index (χ2v) is 7.20. The molecule has 1 aliphatic heterocycles. The number of hydrogen-bond acceptors (Lipinski definition) is 3. The Morgan fingerprint density at radius 1 is 1.00 bits per heavy atom. The summed E-state index contributed by atoms with van der Waals surface area (Å²) in [6, 6.07) is 7.58. The summed E-state index contributed by atoms with van der Waals surface area (Å²) >= 11 is 0. The average molecular weight is 464 g/mol. The molecule has 0 saturated carbocycles. The van der Waals surface area contributed by atoms with Gasteiger partial charge in [0.2, 0.25) is 0 Å². The van der Waals surface area contributed by atoms with E-state index >= 15 is 0 Å². The Kier molecular flexibility index (Phi) is 10.6. The number of halogens is 3. The quantitative estimate of drug-likeness (QED) is 0.412. The van der Waals surface area contributed by atoms with Crippen LogP contribution in [0.4, 0.5) is 13.2 Å². The number of hydrogen-bond donors (Lipinski definition) is 0. The molecule has 4 nitrogen and oxygen atoms in total. The van der Waals surface area contributed by atoms with Crippen LogP contribution in [0.25, 0.3) is 0 Å². The van der Waals surface area contributed by atoms with Gasteiger partial charge in [0.05, 0.1) is 33.3 Å². The Bertz CT molecular complexity index is 533. The van der Waals surface area contributed by atoms with E-state index in [0.29, 0.717) is 32.8 Å². The molecule has 27 heavy (non-hydrogen) atoms. The van der Waals surface area contributed by atoms with E-state index in [2.05, 4.69) is 14.0 Å². The third-order valence-electron chi connectivity index (χ3n) is 4.81. The molecule has 0 bridgehead atoms. The Balaban J connectivity index is 0.00000364. The molecule has 1 saturated heterocycles. The van der Waals surface area contributed by atoms with Gasteiger partial charge in [0.25, 0.3) is 0 Å². The molecule has 1 aliphatic rings. The smallest absolute Gasteiger partial charge is 0.401 e.